The molecule has 0 radical (unpaired) electrons. The second-order valence-electron chi connectivity index (χ2n) is 6.46. The summed E-state index contributed by atoms with van der Waals surface area (Å²) in [4.78, 5) is 14.3. The third-order valence-electron chi connectivity index (χ3n) is 4.32. The topological polar surface area (TPSA) is 52.6 Å². The summed E-state index contributed by atoms with van der Waals surface area (Å²) in [6, 6.07) is 7.82. The molecule has 1 atom stereocenters. The SMILES string of the molecule is Cc1ccccc1NC(=O)CCN1CCCC(C)(CO)C1. The van der Waals surface area contributed by atoms with E-state index in [0.29, 0.717) is 6.42 Å². The number of hydrogen-bond acceptors (Lipinski definition) is 3. The molecule has 1 amide bonds. The minimum Gasteiger partial charge on any atom is -0.396 e. The first kappa shape index (κ1) is 16.0. The monoisotopic (exact) mass is 290 g/mol. The van der Waals surface area contributed by atoms with E-state index in [0.717, 1.165) is 43.7 Å². The zero-order valence-corrected chi connectivity index (χ0v) is 13.1. The number of piperidine rings is 1. The molecule has 4 heteroatoms. The lowest BCUT2D eigenvalue weighted by molar-refractivity contribution is -0.116. The third-order valence-corrected chi connectivity index (χ3v) is 4.32. The van der Waals surface area contributed by atoms with Crippen LogP contribution in [0.2, 0.25) is 0 Å². The van der Waals surface area contributed by atoms with Crippen molar-refractivity contribution >= 4 is 11.6 Å². The molecular weight excluding hydrogens is 264 g/mol. The number of anilines is 1. The van der Waals surface area contributed by atoms with Crippen LogP contribution in [0.25, 0.3) is 0 Å². The smallest absolute Gasteiger partial charge is 0.225 e. The molecular formula is C17H26N2O2. The largest absolute Gasteiger partial charge is 0.396 e. The highest BCUT2D eigenvalue weighted by Gasteiger charge is 2.30. The van der Waals surface area contributed by atoms with Gasteiger partial charge in [-0.05, 0) is 37.9 Å². The first-order valence-corrected chi connectivity index (χ1v) is 7.71. The van der Waals surface area contributed by atoms with Gasteiger partial charge in [0, 0.05) is 37.2 Å². The maximum absolute atomic E-state index is 12.1. The van der Waals surface area contributed by atoms with E-state index < -0.39 is 0 Å². The van der Waals surface area contributed by atoms with Gasteiger partial charge >= 0.3 is 0 Å². The van der Waals surface area contributed by atoms with Gasteiger partial charge in [0.25, 0.3) is 0 Å². The number of nitrogens with one attached hydrogen (secondary N) is 1. The fraction of sp³-hybridized carbons (Fsp3) is 0.588. The Morgan fingerprint density at radius 1 is 1.43 bits per heavy atom. The molecule has 1 aromatic rings. The van der Waals surface area contributed by atoms with E-state index in [-0.39, 0.29) is 17.9 Å². The van der Waals surface area contributed by atoms with Crippen molar-refractivity contribution in [3.63, 3.8) is 0 Å². The van der Waals surface area contributed by atoms with Gasteiger partial charge < -0.3 is 15.3 Å². The number of carbonyl (C=O) groups excluding carboxylic acids is 1. The van der Waals surface area contributed by atoms with Gasteiger partial charge in [-0.25, -0.2) is 0 Å². The molecule has 0 aromatic heterocycles. The number of benzene rings is 1. The molecule has 116 valence electrons. The average molecular weight is 290 g/mol. The molecule has 1 aliphatic rings. The highest BCUT2D eigenvalue weighted by Crippen LogP contribution is 2.28. The summed E-state index contributed by atoms with van der Waals surface area (Å²) in [5, 5.41) is 12.4. The van der Waals surface area contributed by atoms with Crippen LogP contribution >= 0.6 is 0 Å². The number of likely N-dealkylation sites (tertiary alicyclic amines) is 1. The molecule has 1 aliphatic heterocycles. The molecule has 1 heterocycles. The highest BCUT2D eigenvalue weighted by molar-refractivity contribution is 5.91. The van der Waals surface area contributed by atoms with Crippen LogP contribution in [0.4, 0.5) is 5.69 Å². The van der Waals surface area contributed by atoms with Crippen LogP contribution in [0.1, 0.15) is 31.7 Å². The van der Waals surface area contributed by atoms with Gasteiger partial charge in [0.2, 0.25) is 5.91 Å². The quantitative estimate of drug-likeness (QED) is 0.875. The van der Waals surface area contributed by atoms with Crippen LogP contribution in [0, 0.1) is 12.3 Å². The van der Waals surface area contributed by atoms with Gasteiger partial charge in [-0.3, -0.25) is 4.79 Å². The van der Waals surface area contributed by atoms with Crippen LogP contribution in [-0.4, -0.2) is 42.2 Å². The zero-order valence-electron chi connectivity index (χ0n) is 13.1. The summed E-state index contributed by atoms with van der Waals surface area (Å²) in [5.41, 5.74) is 1.96. The lowest BCUT2D eigenvalue weighted by atomic mass is 9.83. The van der Waals surface area contributed by atoms with E-state index in [1.54, 1.807) is 0 Å². The minimum absolute atomic E-state index is 0.00918. The van der Waals surface area contributed by atoms with Crippen molar-refractivity contribution in [1.29, 1.82) is 0 Å². The Labute approximate surface area is 127 Å². The van der Waals surface area contributed by atoms with Crippen LogP contribution in [-0.2, 0) is 4.79 Å². The number of carbonyl (C=O) groups is 1. The van der Waals surface area contributed by atoms with Crippen molar-refractivity contribution in [1.82, 2.24) is 4.90 Å². The predicted molar refractivity (Wildman–Crippen MR) is 85.3 cm³/mol. The maximum atomic E-state index is 12.1. The number of aliphatic hydroxyl groups excluding tert-OH is 1. The lowest BCUT2D eigenvalue weighted by Gasteiger charge is -2.39. The van der Waals surface area contributed by atoms with Gasteiger partial charge in [0.15, 0.2) is 0 Å². The van der Waals surface area contributed by atoms with Crippen LogP contribution < -0.4 is 5.32 Å². The number of rotatable bonds is 5. The Hall–Kier alpha value is -1.39. The summed E-state index contributed by atoms with van der Waals surface area (Å²) >= 11 is 0. The molecule has 0 aliphatic carbocycles. The zero-order chi connectivity index (χ0) is 15.3. The molecule has 0 spiro atoms. The van der Waals surface area contributed by atoms with E-state index in [4.69, 9.17) is 0 Å². The fourth-order valence-electron chi connectivity index (χ4n) is 2.93. The van der Waals surface area contributed by atoms with Crippen molar-refractivity contribution in [2.75, 3.05) is 31.6 Å². The number of hydrogen-bond donors (Lipinski definition) is 2. The second-order valence-corrected chi connectivity index (χ2v) is 6.46. The lowest BCUT2D eigenvalue weighted by Crippen LogP contribution is -2.44. The van der Waals surface area contributed by atoms with E-state index in [1.807, 2.05) is 31.2 Å². The number of aryl methyl sites for hydroxylation is 1. The molecule has 21 heavy (non-hydrogen) atoms. The molecule has 1 saturated heterocycles. The van der Waals surface area contributed by atoms with Gasteiger partial charge in [-0.15, -0.1) is 0 Å². The van der Waals surface area contributed by atoms with Gasteiger partial charge in [-0.1, -0.05) is 25.1 Å². The molecule has 1 unspecified atom stereocenters. The Kier molecular flexibility index (Phi) is 5.37. The normalized spacial score (nSPS) is 23.0. The summed E-state index contributed by atoms with van der Waals surface area (Å²) in [6.45, 7) is 6.99. The van der Waals surface area contributed by atoms with Gasteiger partial charge in [-0.2, -0.15) is 0 Å². The Bertz CT molecular complexity index is 489. The first-order valence-electron chi connectivity index (χ1n) is 7.71. The van der Waals surface area contributed by atoms with E-state index in [1.165, 1.54) is 0 Å². The average Bonchev–Trinajstić information content (AvgIpc) is 2.48. The molecule has 2 N–H and O–H groups in total. The number of para-hydroxylation sites is 1. The molecule has 1 fully saturated rings. The van der Waals surface area contributed by atoms with E-state index in [2.05, 4.69) is 17.1 Å². The predicted octanol–water partition coefficient (Wildman–Crippen LogP) is 2.42. The van der Waals surface area contributed by atoms with Crippen molar-refractivity contribution in [2.45, 2.75) is 33.1 Å². The highest BCUT2D eigenvalue weighted by atomic mass is 16.3. The Morgan fingerprint density at radius 2 is 2.19 bits per heavy atom. The third kappa shape index (κ3) is 4.55. The van der Waals surface area contributed by atoms with Crippen LogP contribution in [0.15, 0.2) is 24.3 Å². The summed E-state index contributed by atoms with van der Waals surface area (Å²) in [6.07, 6.45) is 2.65. The number of nitrogens with zero attached hydrogens (tertiary/aromatic N) is 1. The van der Waals surface area contributed by atoms with Crippen molar-refractivity contribution < 1.29 is 9.90 Å². The van der Waals surface area contributed by atoms with Crippen molar-refractivity contribution in [2.24, 2.45) is 5.41 Å². The van der Waals surface area contributed by atoms with Crippen molar-refractivity contribution in [3.8, 4) is 0 Å². The molecule has 4 nitrogen and oxygen atoms in total. The molecule has 2 rings (SSSR count). The summed E-state index contributed by atoms with van der Waals surface area (Å²) in [7, 11) is 0. The molecule has 0 bridgehead atoms. The fourth-order valence-corrected chi connectivity index (χ4v) is 2.93. The second kappa shape index (κ2) is 7.05. The number of aliphatic hydroxyl groups is 1. The number of amides is 1. The minimum atomic E-state index is -0.00918. The van der Waals surface area contributed by atoms with Crippen LogP contribution in [0.3, 0.4) is 0 Å². The van der Waals surface area contributed by atoms with Crippen molar-refractivity contribution in [3.05, 3.63) is 29.8 Å². The van der Waals surface area contributed by atoms with E-state index >= 15 is 0 Å². The maximum Gasteiger partial charge on any atom is 0.225 e. The van der Waals surface area contributed by atoms with Gasteiger partial charge in [0.05, 0.1) is 0 Å². The summed E-state index contributed by atoms with van der Waals surface area (Å²) in [5.74, 6) is 0.0561. The Balaban J connectivity index is 1.80. The standard InChI is InChI=1S/C17H26N2O2/c1-14-6-3-4-7-15(14)18-16(21)8-11-19-10-5-9-17(2,12-19)13-20/h3-4,6-7,20H,5,8-13H2,1-2H3,(H,18,21). The van der Waals surface area contributed by atoms with Crippen LogP contribution in [0.5, 0.6) is 0 Å². The van der Waals surface area contributed by atoms with E-state index in [9.17, 15) is 9.90 Å². The summed E-state index contributed by atoms with van der Waals surface area (Å²) < 4.78 is 0. The molecule has 1 aromatic carbocycles. The van der Waals surface area contributed by atoms with Gasteiger partial charge in [0.1, 0.15) is 0 Å². The molecule has 0 saturated carbocycles. The Morgan fingerprint density at radius 3 is 2.90 bits per heavy atom. The first-order chi connectivity index (χ1) is 10.0.